The number of nitrogen functional groups attached to an aromatic ring is 1. The van der Waals surface area contributed by atoms with Gasteiger partial charge < -0.3 is 15.2 Å². The number of rotatable bonds is 3. The van der Waals surface area contributed by atoms with Gasteiger partial charge in [0.25, 0.3) is 0 Å². The third-order valence-corrected chi connectivity index (χ3v) is 8.04. The molecule has 1 aromatic heterocycles. The summed E-state index contributed by atoms with van der Waals surface area (Å²) < 4.78 is 26.6. The number of hydrogen-bond donors (Lipinski definition) is 1. The van der Waals surface area contributed by atoms with Crippen molar-refractivity contribution in [2.45, 2.75) is 68.9 Å². The fourth-order valence-electron chi connectivity index (χ4n) is 6.47. The van der Waals surface area contributed by atoms with E-state index in [1.165, 1.54) is 0 Å². The Balaban J connectivity index is 1.28. The molecule has 2 N–H and O–H groups in total. The van der Waals surface area contributed by atoms with E-state index in [0.29, 0.717) is 49.9 Å². The second-order valence-electron chi connectivity index (χ2n) is 9.98. The normalized spacial score (nSPS) is 30.5. The van der Waals surface area contributed by atoms with Crippen molar-refractivity contribution in [1.29, 1.82) is 5.26 Å². The number of nitriles is 1. The summed E-state index contributed by atoms with van der Waals surface area (Å²) in [6.07, 6.45) is 6.78. The lowest BCUT2D eigenvalue weighted by molar-refractivity contribution is -0.0859. The Labute approximate surface area is 192 Å². The van der Waals surface area contributed by atoms with Gasteiger partial charge in [-0.15, -0.1) is 0 Å². The predicted molar refractivity (Wildman–Crippen MR) is 119 cm³/mol. The van der Waals surface area contributed by atoms with Crippen molar-refractivity contribution in [3.63, 3.8) is 0 Å². The van der Waals surface area contributed by atoms with E-state index < -0.39 is 11.8 Å². The van der Waals surface area contributed by atoms with Crippen LogP contribution in [0.4, 0.5) is 10.1 Å². The number of nitrogens with two attached hydrogens (primary N) is 1. The van der Waals surface area contributed by atoms with Crippen LogP contribution in [0.25, 0.3) is 0 Å². The molecule has 0 bridgehead atoms. The van der Waals surface area contributed by atoms with Crippen LogP contribution >= 0.6 is 0 Å². The SMILES string of the molecule is N#Cc1c(N)ccc2c1[C@]1(CCC2)Cc2nc(OCC34CCCN3C[C@H](F)C4)ncc2CO1. The molecule has 2 fully saturated rings. The number of anilines is 1. The van der Waals surface area contributed by atoms with Gasteiger partial charge in [-0.25, -0.2) is 9.37 Å². The first kappa shape index (κ1) is 20.8. The number of fused-ring (bicyclic) bond motifs is 4. The van der Waals surface area contributed by atoms with Gasteiger partial charge >= 0.3 is 6.01 Å². The Kier molecular flexibility index (Phi) is 4.82. The minimum absolute atomic E-state index is 0.232. The molecule has 4 heterocycles. The van der Waals surface area contributed by atoms with Gasteiger partial charge in [0, 0.05) is 42.4 Å². The van der Waals surface area contributed by atoms with Crippen LogP contribution in [0.3, 0.4) is 0 Å². The van der Waals surface area contributed by atoms with Gasteiger partial charge in [-0.1, -0.05) is 6.07 Å². The Morgan fingerprint density at radius 1 is 1.30 bits per heavy atom. The molecule has 2 saturated heterocycles. The molecule has 6 rings (SSSR count). The quantitative estimate of drug-likeness (QED) is 0.719. The number of nitrogens with zero attached hydrogens (tertiary/aromatic N) is 4. The zero-order valence-corrected chi connectivity index (χ0v) is 18.6. The first-order valence-corrected chi connectivity index (χ1v) is 11.8. The Morgan fingerprint density at radius 3 is 3.09 bits per heavy atom. The summed E-state index contributed by atoms with van der Waals surface area (Å²) in [5.41, 5.74) is 10.2. The van der Waals surface area contributed by atoms with Crippen molar-refractivity contribution in [1.82, 2.24) is 14.9 Å². The Bertz CT molecular complexity index is 1150. The van der Waals surface area contributed by atoms with Gasteiger partial charge in [0.05, 0.1) is 23.4 Å². The first-order chi connectivity index (χ1) is 16.0. The molecule has 8 heteroatoms. The van der Waals surface area contributed by atoms with Gasteiger partial charge in [0.15, 0.2) is 0 Å². The lowest BCUT2D eigenvalue weighted by Crippen LogP contribution is -2.43. The van der Waals surface area contributed by atoms with Gasteiger partial charge in [0.1, 0.15) is 24.4 Å². The topological polar surface area (TPSA) is 97.3 Å². The molecule has 172 valence electrons. The highest BCUT2D eigenvalue weighted by Gasteiger charge is 2.49. The first-order valence-electron chi connectivity index (χ1n) is 11.8. The average molecular weight is 450 g/mol. The number of ether oxygens (including phenoxy) is 2. The highest BCUT2D eigenvalue weighted by atomic mass is 19.1. The largest absolute Gasteiger partial charge is 0.461 e. The van der Waals surface area contributed by atoms with Crippen molar-refractivity contribution in [3.8, 4) is 12.1 Å². The van der Waals surface area contributed by atoms with Gasteiger partial charge in [-0.2, -0.15) is 10.2 Å². The lowest BCUT2D eigenvalue weighted by atomic mass is 9.73. The van der Waals surface area contributed by atoms with Crippen LogP contribution in [0, 0.1) is 11.3 Å². The molecule has 3 aliphatic heterocycles. The summed E-state index contributed by atoms with van der Waals surface area (Å²) in [6.45, 7) is 2.22. The maximum Gasteiger partial charge on any atom is 0.316 e. The number of halogens is 1. The van der Waals surface area contributed by atoms with Crippen molar-refractivity contribution in [3.05, 3.63) is 46.3 Å². The molecule has 0 saturated carbocycles. The molecule has 0 radical (unpaired) electrons. The predicted octanol–water partition coefficient (Wildman–Crippen LogP) is 3.19. The number of aromatic nitrogens is 2. The number of hydrogen-bond acceptors (Lipinski definition) is 7. The zero-order valence-electron chi connectivity index (χ0n) is 18.6. The van der Waals surface area contributed by atoms with E-state index in [0.717, 1.165) is 61.0 Å². The molecule has 0 amide bonds. The standard InChI is InChI=1S/C25H28FN5O2/c26-18-9-24(6-2-8-31(24)13-18)15-32-23-29-12-17-14-33-25(10-21(17)30-23)7-1-3-16-4-5-20(28)19(11-27)22(16)25/h4-5,12,18H,1-3,6-10,13-15,28H2/t18-,24?,25+/m1/s1. The smallest absolute Gasteiger partial charge is 0.316 e. The summed E-state index contributed by atoms with van der Waals surface area (Å²) in [6, 6.07) is 6.48. The van der Waals surface area contributed by atoms with E-state index in [2.05, 4.69) is 16.0 Å². The van der Waals surface area contributed by atoms with Crippen LogP contribution in [0.15, 0.2) is 18.3 Å². The molecule has 3 atom stereocenters. The van der Waals surface area contributed by atoms with Crippen molar-refractivity contribution < 1.29 is 13.9 Å². The second kappa shape index (κ2) is 7.64. The van der Waals surface area contributed by atoms with E-state index in [1.807, 2.05) is 12.1 Å². The molecule has 1 aromatic carbocycles. The van der Waals surface area contributed by atoms with E-state index in [-0.39, 0.29) is 5.54 Å². The van der Waals surface area contributed by atoms with E-state index >= 15 is 0 Å². The number of benzene rings is 1. The fourth-order valence-corrected chi connectivity index (χ4v) is 6.47. The number of aryl methyl sites for hydroxylation is 1. The molecule has 7 nitrogen and oxygen atoms in total. The molecule has 1 aliphatic carbocycles. The summed E-state index contributed by atoms with van der Waals surface area (Å²) in [7, 11) is 0. The molecule has 33 heavy (non-hydrogen) atoms. The zero-order chi connectivity index (χ0) is 22.6. The summed E-state index contributed by atoms with van der Waals surface area (Å²) >= 11 is 0. The van der Waals surface area contributed by atoms with Gasteiger partial charge in [-0.05, 0) is 50.3 Å². The summed E-state index contributed by atoms with van der Waals surface area (Å²) in [5, 5.41) is 9.83. The molecule has 1 unspecified atom stereocenters. The van der Waals surface area contributed by atoms with Crippen molar-refractivity contribution in [2.75, 3.05) is 25.4 Å². The third-order valence-electron chi connectivity index (χ3n) is 8.04. The Morgan fingerprint density at radius 2 is 2.21 bits per heavy atom. The summed E-state index contributed by atoms with van der Waals surface area (Å²) in [5.74, 6) is 0. The summed E-state index contributed by atoms with van der Waals surface area (Å²) in [4.78, 5) is 11.4. The minimum Gasteiger partial charge on any atom is -0.461 e. The fraction of sp³-hybridized carbons (Fsp3) is 0.560. The monoisotopic (exact) mass is 449 g/mol. The molecule has 4 aliphatic rings. The van der Waals surface area contributed by atoms with Crippen LogP contribution in [0.5, 0.6) is 6.01 Å². The highest BCUT2D eigenvalue weighted by Crippen LogP contribution is 2.47. The third kappa shape index (κ3) is 3.29. The van der Waals surface area contributed by atoms with Crippen molar-refractivity contribution in [2.24, 2.45) is 0 Å². The van der Waals surface area contributed by atoms with E-state index in [9.17, 15) is 9.65 Å². The average Bonchev–Trinajstić information content (AvgIpc) is 3.33. The minimum atomic E-state index is -0.788. The van der Waals surface area contributed by atoms with E-state index in [4.69, 9.17) is 20.2 Å². The van der Waals surface area contributed by atoms with Crippen LogP contribution in [0.2, 0.25) is 0 Å². The molecular formula is C25H28FN5O2. The maximum atomic E-state index is 14.1. The molecular weight excluding hydrogens is 421 g/mol. The second-order valence-corrected chi connectivity index (χ2v) is 9.98. The van der Waals surface area contributed by atoms with Gasteiger partial charge in [-0.3, -0.25) is 4.90 Å². The van der Waals surface area contributed by atoms with Crippen LogP contribution in [-0.2, 0) is 29.8 Å². The van der Waals surface area contributed by atoms with Crippen LogP contribution < -0.4 is 10.5 Å². The maximum absolute atomic E-state index is 14.1. The molecule has 1 spiro atoms. The van der Waals surface area contributed by atoms with Crippen molar-refractivity contribution >= 4 is 5.69 Å². The van der Waals surface area contributed by atoms with Gasteiger partial charge in [0.2, 0.25) is 0 Å². The van der Waals surface area contributed by atoms with Crippen LogP contribution in [0.1, 0.15) is 60.1 Å². The Hall–Kier alpha value is -2.76. The molecule has 2 aromatic rings. The van der Waals surface area contributed by atoms with E-state index in [1.54, 1.807) is 6.20 Å². The number of alkyl halides is 1. The lowest BCUT2D eigenvalue weighted by Gasteiger charge is -2.42. The highest BCUT2D eigenvalue weighted by molar-refractivity contribution is 5.63. The van der Waals surface area contributed by atoms with Crippen LogP contribution in [-0.4, -0.2) is 46.3 Å².